The van der Waals surface area contributed by atoms with E-state index in [1.165, 1.54) is 15.6 Å². The van der Waals surface area contributed by atoms with Gasteiger partial charge in [0.1, 0.15) is 0 Å². The smallest absolute Gasteiger partial charge is 0.405 e. The molecule has 0 heterocycles. The molecule has 3 aliphatic rings. The van der Waals surface area contributed by atoms with Crippen LogP contribution in [0.1, 0.15) is 26.2 Å². The fourth-order valence-corrected chi connectivity index (χ4v) is 7.67. The molecule has 0 aromatic rings. The van der Waals surface area contributed by atoms with Crippen LogP contribution in [-0.2, 0) is 4.43 Å². The summed E-state index contributed by atoms with van der Waals surface area (Å²) in [5.41, 5.74) is 0. The van der Waals surface area contributed by atoms with Crippen molar-refractivity contribution in [2.75, 3.05) is 6.61 Å². The summed E-state index contributed by atoms with van der Waals surface area (Å²) < 4.78 is 6.50. The Balaban J connectivity index is 0.00000147. The van der Waals surface area contributed by atoms with E-state index in [-0.39, 0.29) is 29.6 Å². The van der Waals surface area contributed by atoms with Gasteiger partial charge < -0.3 is 4.43 Å². The first-order chi connectivity index (χ1) is 9.38. The maximum absolute atomic E-state index is 6.50. The normalized spacial score (nSPS) is 19.9. The second-order valence-electron chi connectivity index (χ2n) is 5.09. The molecule has 0 saturated carbocycles. The van der Waals surface area contributed by atoms with Gasteiger partial charge in [-0.1, -0.05) is 54.7 Å². The first kappa shape index (κ1) is 16.0. The van der Waals surface area contributed by atoms with Crippen LogP contribution in [0.15, 0.2) is 70.3 Å². The van der Waals surface area contributed by atoms with Crippen LogP contribution in [0.25, 0.3) is 0 Å². The Hall–Kier alpha value is -0.383. The Kier molecular flexibility index (Phi) is 5.64. The minimum Gasteiger partial charge on any atom is -0.405 e. The van der Waals surface area contributed by atoms with Crippen molar-refractivity contribution in [3.05, 3.63) is 70.3 Å². The summed E-state index contributed by atoms with van der Waals surface area (Å²) in [6.07, 6.45) is 23.3. The van der Waals surface area contributed by atoms with Crippen LogP contribution in [0.2, 0.25) is 0 Å². The predicted octanol–water partition coefficient (Wildman–Crippen LogP) is 1.25. The molecule has 0 fully saturated rings. The Morgan fingerprint density at radius 3 is 1.50 bits per heavy atom. The third-order valence-electron chi connectivity index (χ3n) is 4.03. The second kappa shape index (κ2) is 7.06. The Bertz CT molecular complexity index is 475. The van der Waals surface area contributed by atoms with Crippen molar-refractivity contribution in [3.8, 4) is 0 Å². The molecule has 0 atom stereocenters. The van der Waals surface area contributed by atoms with Crippen molar-refractivity contribution in [3.63, 3.8) is 0 Å². The van der Waals surface area contributed by atoms with E-state index >= 15 is 0 Å². The Morgan fingerprint density at radius 2 is 1.25 bits per heavy atom. The van der Waals surface area contributed by atoms with Gasteiger partial charge in [-0.3, -0.25) is 0 Å². The molecule has 98 valence electrons. The van der Waals surface area contributed by atoms with Crippen molar-refractivity contribution in [1.82, 2.24) is 0 Å². The minimum absolute atomic E-state index is 0. The van der Waals surface area contributed by atoms with Crippen LogP contribution in [-0.4, -0.2) is 14.9 Å². The number of hydrogen-bond donors (Lipinski definition) is 0. The first-order valence-corrected chi connectivity index (χ1v) is 9.01. The molecule has 0 aromatic carbocycles. The van der Waals surface area contributed by atoms with E-state index in [0.29, 0.717) is 0 Å². The fourth-order valence-electron chi connectivity index (χ4n) is 3.24. The van der Waals surface area contributed by atoms with Gasteiger partial charge in [-0.05, 0) is 41.8 Å². The molecule has 0 aromatic heterocycles. The van der Waals surface area contributed by atoms with Crippen LogP contribution in [0.4, 0.5) is 0 Å². The van der Waals surface area contributed by atoms with Crippen LogP contribution >= 0.6 is 0 Å². The molecule has 0 unspecified atom stereocenters. The summed E-state index contributed by atoms with van der Waals surface area (Å²) in [5.74, 6) is 0. The van der Waals surface area contributed by atoms with E-state index < -0.39 is 8.32 Å². The Morgan fingerprint density at radius 1 is 0.850 bits per heavy atom. The zero-order valence-electron chi connectivity index (χ0n) is 12.4. The summed E-state index contributed by atoms with van der Waals surface area (Å²) in [5, 5.41) is 4.54. The van der Waals surface area contributed by atoms with Crippen molar-refractivity contribution in [1.29, 1.82) is 0 Å². The Labute approximate surface area is 144 Å². The maximum atomic E-state index is 6.50. The number of rotatable bonds is 5. The molecule has 0 spiro atoms. The van der Waals surface area contributed by atoms with E-state index in [4.69, 9.17) is 4.43 Å². The molecule has 0 bridgehead atoms. The molecule has 1 nitrogen and oxygen atoms in total. The average Bonchev–Trinajstić information content (AvgIpc) is 3.18. The number of allylic oxidation sites excluding steroid dienone is 12. The standard InChI is InChI=1S/C17H20OSi.Na/c1-2-18-19(15-9-3-4-10-15,16-11-5-6-12-16)17-13-7-8-14-17;/h3-9,11,13H,2,10,12,14H2,1H3;/q;+1. The van der Waals surface area contributed by atoms with Crippen LogP contribution in [0.3, 0.4) is 0 Å². The quantitative estimate of drug-likeness (QED) is 0.693. The van der Waals surface area contributed by atoms with Crippen molar-refractivity contribution >= 4 is 8.32 Å². The maximum Gasteiger partial charge on any atom is 1.00 e. The van der Waals surface area contributed by atoms with Crippen LogP contribution < -0.4 is 29.6 Å². The molecule has 3 aliphatic carbocycles. The summed E-state index contributed by atoms with van der Waals surface area (Å²) >= 11 is 0. The van der Waals surface area contributed by atoms with E-state index in [2.05, 4.69) is 61.6 Å². The molecule has 0 N–H and O–H groups in total. The molecule has 3 rings (SSSR count). The summed E-state index contributed by atoms with van der Waals surface area (Å²) in [4.78, 5) is 0. The van der Waals surface area contributed by atoms with Gasteiger partial charge in [-0.25, -0.2) is 0 Å². The monoisotopic (exact) mass is 291 g/mol. The van der Waals surface area contributed by atoms with Crippen LogP contribution in [0, 0.1) is 0 Å². The van der Waals surface area contributed by atoms with Gasteiger partial charge in [-0.2, -0.15) is 0 Å². The van der Waals surface area contributed by atoms with Crippen molar-refractivity contribution in [2.24, 2.45) is 0 Å². The zero-order chi connectivity index (χ0) is 13.1. The van der Waals surface area contributed by atoms with Gasteiger partial charge in [0.15, 0.2) is 0 Å². The fraction of sp³-hybridized carbons (Fsp3) is 0.294. The largest absolute Gasteiger partial charge is 1.00 e. The average molecular weight is 291 g/mol. The second-order valence-corrected chi connectivity index (χ2v) is 8.66. The van der Waals surface area contributed by atoms with Crippen LogP contribution in [0.5, 0.6) is 0 Å². The summed E-state index contributed by atoms with van der Waals surface area (Å²) in [6, 6.07) is 0. The molecule has 20 heavy (non-hydrogen) atoms. The van der Waals surface area contributed by atoms with Gasteiger partial charge in [-0.15, -0.1) is 0 Å². The van der Waals surface area contributed by atoms with E-state index in [9.17, 15) is 0 Å². The third-order valence-corrected chi connectivity index (χ3v) is 8.58. The van der Waals surface area contributed by atoms with Gasteiger partial charge in [0.2, 0.25) is 0 Å². The van der Waals surface area contributed by atoms with Gasteiger partial charge in [0.05, 0.1) is 0 Å². The zero-order valence-corrected chi connectivity index (χ0v) is 15.4. The summed E-state index contributed by atoms with van der Waals surface area (Å²) in [7, 11) is -2.10. The first-order valence-electron chi connectivity index (χ1n) is 7.10. The number of hydrogen-bond acceptors (Lipinski definition) is 1. The topological polar surface area (TPSA) is 9.23 Å². The van der Waals surface area contributed by atoms with Gasteiger partial charge in [0.25, 0.3) is 8.32 Å². The third kappa shape index (κ3) is 2.68. The van der Waals surface area contributed by atoms with E-state index in [1.54, 1.807) is 0 Å². The summed E-state index contributed by atoms with van der Waals surface area (Å²) in [6.45, 7) is 2.91. The molecule has 0 radical (unpaired) electrons. The van der Waals surface area contributed by atoms with Gasteiger partial charge >= 0.3 is 29.6 Å². The predicted molar refractivity (Wildman–Crippen MR) is 82.9 cm³/mol. The molecule has 3 heteroatoms. The van der Waals surface area contributed by atoms with Gasteiger partial charge in [0, 0.05) is 6.61 Å². The molecular weight excluding hydrogens is 271 g/mol. The molecule has 0 saturated heterocycles. The molecule has 0 amide bonds. The molecule has 0 aliphatic heterocycles. The van der Waals surface area contributed by atoms with E-state index in [1.807, 2.05) is 0 Å². The SMILES string of the molecule is CCO[Si](C1=CC=CC1)(C1=CC=CC1)C1=CC=CC1.[Na+]. The molecular formula is C17H20NaOSi+. The van der Waals surface area contributed by atoms with Crippen molar-refractivity contribution < 1.29 is 34.0 Å². The minimum atomic E-state index is -2.10. The van der Waals surface area contributed by atoms with E-state index in [0.717, 1.165) is 25.9 Å². The van der Waals surface area contributed by atoms with Crippen molar-refractivity contribution in [2.45, 2.75) is 26.2 Å².